The number of nitrogens with one attached hydrogen (secondary N) is 2. The number of rotatable bonds is 8. The first-order valence-corrected chi connectivity index (χ1v) is 13.0. The average molecular weight is 517 g/mol. The van der Waals surface area contributed by atoms with E-state index in [2.05, 4.69) is 41.8 Å². The Morgan fingerprint density at radius 3 is 2.13 bits per heavy atom. The van der Waals surface area contributed by atoms with Crippen molar-refractivity contribution < 1.29 is 9.59 Å². The van der Waals surface area contributed by atoms with Crippen LogP contribution in [-0.4, -0.2) is 44.4 Å². The second-order valence-electron chi connectivity index (χ2n) is 9.91. The number of carbonyl (C=O) groups excluding carboxylic acids is 2. The van der Waals surface area contributed by atoms with Gasteiger partial charge in [-0.15, -0.1) is 0 Å². The molecule has 0 aromatic heterocycles. The van der Waals surface area contributed by atoms with Gasteiger partial charge in [-0.2, -0.15) is 0 Å². The lowest BCUT2D eigenvalue weighted by Gasteiger charge is -2.18. The Morgan fingerprint density at radius 1 is 0.795 bits per heavy atom. The highest BCUT2D eigenvalue weighted by Crippen LogP contribution is 2.38. The van der Waals surface area contributed by atoms with Crippen LogP contribution in [-0.2, 0) is 11.2 Å². The van der Waals surface area contributed by atoms with E-state index in [0.717, 1.165) is 29.9 Å². The predicted octanol–water partition coefficient (Wildman–Crippen LogP) is 6.00. The number of anilines is 3. The number of benzene rings is 4. The topological polar surface area (TPSA) is 64.7 Å². The Bertz CT molecular complexity index is 1510. The van der Waals surface area contributed by atoms with Crippen LogP contribution in [0.15, 0.2) is 103 Å². The summed E-state index contributed by atoms with van der Waals surface area (Å²) < 4.78 is 0. The Hall–Kier alpha value is -4.68. The molecule has 0 spiro atoms. The number of nitrogens with zero attached hydrogens (tertiary/aromatic N) is 2. The second-order valence-corrected chi connectivity index (χ2v) is 9.91. The minimum absolute atomic E-state index is 0.148. The summed E-state index contributed by atoms with van der Waals surface area (Å²) in [4.78, 5) is 30.5. The molecule has 6 nitrogen and oxygen atoms in total. The standard InChI is InChI=1S/C33H32N4O2/c1-36(2)21-20-23-14-17-26(18-15-23)34-31(24-10-6-4-7-11-24)30-28-22-25(16-19-29(28)35-32(30)38)33(39)37(3)27-12-8-5-9-13-27/h4-19,22,34H,20-21H2,1-3H3,(H,35,38). The molecular formula is C33H32N4O2. The third-order valence-electron chi connectivity index (χ3n) is 6.84. The summed E-state index contributed by atoms with van der Waals surface area (Å²) in [6.45, 7) is 0.976. The van der Waals surface area contributed by atoms with Gasteiger partial charge < -0.3 is 20.4 Å². The molecule has 2 amide bonds. The van der Waals surface area contributed by atoms with Crippen molar-refractivity contribution in [1.82, 2.24) is 4.90 Å². The van der Waals surface area contributed by atoms with E-state index < -0.39 is 0 Å². The maximum Gasteiger partial charge on any atom is 0.258 e. The maximum absolute atomic E-state index is 13.4. The van der Waals surface area contributed by atoms with Crippen LogP contribution in [0, 0.1) is 0 Å². The highest BCUT2D eigenvalue weighted by atomic mass is 16.2. The molecule has 1 heterocycles. The van der Waals surface area contributed by atoms with Gasteiger partial charge in [0, 0.05) is 41.8 Å². The Kier molecular flexibility index (Phi) is 7.57. The molecule has 196 valence electrons. The van der Waals surface area contributed by atoms with Gasteiger partial charge in [0.2, 0.25) is 0 Å². The highest BCUT2D eigenvalue weighted by molar-refractivity contribution is 6.37. The van der Waals surface area contributed by atoms with E-state index in [1.54, 1.807) is 30.1 Å². The summed E-state index contributed by atoms with van der Waals surface area (Å²) in [5, 5.41) is 6.49. The first-order valence-electron chi connectivity index (χ1n) is 13.0. The van der Waals surface area contributed by atoms with Crippen LogP contribution in [0.4, 0.5) is 17.1 Å². The van der Waals surface area contributed by atoms with Crippen molar-refractivity contribution in [2.24, 2.45) is 0 Å². The lowest BCUT2D eigenvalue weighted by atomic mass is 9.98. The summed E-state index contributed by atoms with van der Waals surface area (Å²) >= 11 is 0. The number of hydrogen-bond acceptors (Lipinski definition) is 4. The van der Waals surface area contributed by atoms with Crippen molar-refractivity contribution in [3.63, 3.8) is 0 Å². The molecular weight excluding hydrogens is 484 g/mol. The van der Waals surface area contributed by atoms with Gasteiger partial charge in [0.25, 0.3) is 11.8 Å². The van der Waals surface area contributed by atoms with Gasteiger partial charge in [-0.3, -0.25) is 9.59 Å². The zero-order valence-corrected chi connectivity index (χ0v) is 22.4. The number of amides is 2. The van der Waals surface area contributed by atoms with Crippen molar-refractivity contribution in [3.8, 4) is 0 Å². The minimum Gasteiger partial charge on any atom is -0.354 e. The third-order valence-corrected chi connectivity index (χ3v) is 6.84. The first kappa shape index (κ1) is 25.9. The van der Waals surface area contributed by atoms with Crippen LogP contribution in [0.25, 0.3) is 11.3 Å². The van der Waals surface area contributed by atoms with Gasteiger partial charge >= 0.3 is 0 Å². The molecule has 0 radical (unpaired) electrons. The van der Waals surface area contributed by atoms with E-state index in [9.17, 15) is 9.59 Å². The molecule has 0 unspecified atom stereocenters. The Labute approximate surface area is 229 Å². The molecule has 6 heteroatoms. The smallest absolute Gasteiger partial charge is 0.258 e. The molecule has 0 aliphatic carbocycles. The van der Waals surface area contributed by atoms with E-state index in [0.29, 0.717) is 28.1 Å². The van der Waals surface area contributed by atoms with Crippen LogP contribution >= 0.6 is 0 Å². The quantitative estimate of drug-likeness (QED) is 0.282. The fourth-order valence-electron chi connectivity index (χ4n) is 4.65. The molecule has 0 bridgehead atoms. The molecule has 1 aliphatic heterocycles. The molecule has 2 N–H and O–H groups in total. The van der Waals surface area contributed by atoms with Gasteiger partial charge in [0.05, 0.1) is 11.3 Å². The third kappa shape index (κ3) is 5.76. The second kappa shape index (κ2) is 11.4. The highest BCUT2D eigenvalue weighted by Gasteiger charge is 2.30. The summed E-state index contributed by atoms with van der Waals surface area (Å²) in [6.07, 6.45) is 0.962. The number of fused-ring (bicyclic) bond motifs is 1. The summed E-state index contributed by atoms with van der Waals surface area (Å²) in [6, 6.07) is 33.0. The van der Waals surface area contributed by atoms with Gasteiger partial charge in [0.1, 0.15) is 0 Å². The van der Waals surface area contributed by atoms with E-state index in [1.807, 2.05) is 72.8 Å². The van der Waals surface area contributed by atoms with Gasteiger partial charge in [-0.25, -0.2) is 0 Å². The van der Waals surface area contributed by atoms with E-state index in [-0.39, 0.29) is 11.8 Å². The van der Waals surface area contributed by atoms with Crippen LogP contribution in [0.3, 0.4) is 0 Å². The SMILES string of the molecule is CN(C)CCc1ccc(NC(=C2C(=O)Nc3ccc(C(=O)N(C)c4ccccc4)cc32)c2ccccc2)cc1. The van der Waals surface area contributed by atoms with Crippen LogP contribution in [0.1, 0.15) is 27.0 Å². The molecule has 4 aromatic carbocycles. The molecule has 39 heavy (non-hydrogen) atoms. The molecule has 1 aliphatic rings. The average Bonchev–Trinajstić information content (AvgIpc) is 3.30. The molecule has 4 aromatic rings. The van der Waals surface area contributed by atoms with Gasteiger partial charge in [0.15, 0.2) is 0 Å². The van der Waals surface area contributed by atoms with Crippen LogP contribution in [0.5, 0.6) is 0 Å². The number of para-hydroxylation sites is 1. The number of hydrogen-bond donors (Lipinski definition) is 2. The molecule has 5 rings (SSSR count). The molecule has 0 atom stereocenters. The van der Waals surface area contributed by atoms with Crippen molar-refractivity contribution >= 4 is 40.1 Å². The lowest BCUT2D eigenvalue weighted by molar-refractivity contribution is -0.110. The summed E-state index contributed by atoms with van der Waals surface area (Å²) in [5.74, 6) is -0.356. The van der Waals surface area contributed by atoms with E-state index in [1.165, 1.54) is 5.56 Å². The van der Waals surface area contributed by atoms with Crippen molar-refractivity contribution in [2.45, 2.75) is 6.42 Å². The van der Waals surface area contributed by atoms with Crippen LogP contribution in [0.2, 0.25) is 0 Å². The minimum atomic E-state index is -0.208. The van der Waals surface area contributed by atoms with Gasteiger partial charge in [-0.1, -0.05) is 60.7 Å². The van der Waals surface area contributed by atoms with Crippen molar-refractivity contribution in [1.29, 1.82) is 0 Å². The summed E-state index contributed by atoms with van der Waals surface area (Å²) in [5.41, 5.74) is 6.89. The predicted molar refractivity (Wildman–Crippen MR) is 160 cm³/mol. The van der Waals surface area contributed by atoms with Crippen molar-refractivity contribution in [2.75, 3.05) is 43.2 Å². The van der Waals surface area contributed by atoms with Crippen LogP contribution < -0.4 is 15.5 Å². The largest absolute Gasteiger partial charge is 0.354 e. The van der Waals surface area contributed by atoms with E-state index >= 15 is 0 Å². The van der Waals surface area contributed by atoms with E-state index in [4.69, 9.17) is 0 Å². The fraction of sp³-hybridized carbons (Fsp3) is 0.152. The monoisotopic (exact) mass is 516 g/mol. The van der Waals surface area contributed by atoms with Gasteiger partial charge in [-0.05, 0) is 74.1 Å². The lowest BCUT2D eigenvalue weighted by Crippen LogP contribution is -2.26. The summed E-state index contributed by atoms with van der Waals surface area (Å²) in [7, 11) is 5.89. The maximum atomic E-state index is 13.4. The normalized spacial score (nSPS) is 13.6. The number of likely N-dealkylation sites (N-methyl/N-ethyl adjacent to an activating group) is 1. The number of carbonyl (C=O) groups is 2. The van der Waals surface area contributed by atoms with Crippen molar-refractivity contribution in [3.05, 3.63) is 125 Å². The molecule has 0 saturated carbocycles. The first-order chi connectivity index (χ1) is 18.9. The fourth-order valence-corrected chi connectivity index (χ4v) is 4.65. The zero-order chi connectivity index (χ0) is 27.4. The molecule has 0 saturated heterocycles. The molecule has 0 fully saturated rings. The zero-order valence-electron chi connectivity index (χ0n) is 22.4. The Balaban J connectivity index is 1.53. The Morgan fingerprint density at radius 2 is 1.46 bits per heavy atom.